The van der Waals surface area contributed by atoms with Gasteiger partial charge in [0.05, 0.1) is 4.83 Å². The number of halogens is 2. The van der Waals surface area contributed by atoms with Gasteiger partial charge in [0.15, 0.2) is 0 Å². The van der Waals surface area contributed by atoms with Crippen molar-refractivity contribution >= 4 is 37.6 Å². The van der Waals surface area contributed by atoms with Crippen LogP contribution in [0.2, 0.25) is 0 Å². The number of hydrogen-bond acceptors (Lipinski definition) is 1. The molecule has 0 fully saturated rings. The lowest BCUT2D eigenvalue weighted by Gasteiger charge is -2.07. The summed E-state index contributed by atoms with van der Waals surface area (Å²) in [5, 5.41) is 0. The number of hydrogen-bond donors (Lipinski definition) is 0. The minimum absolute atomic E-state index is 0.0666. The summed E-state index contributed by atoms with van der Waals surface area (Å²) < 4.78 is 1.11. The van der Waals surface area contributed by atoms with E-state index in [9.17, 15) is 4.79 Å². The molecule has 1 aromatic carbocycles. The molecule has 1 aromatic rings. The highest BCUT2D eigenvalue weighted by Gasteiger charge is 2.10. The molecule has 0 aliphatic rings. The Morgan fingerprint density at radius 2 is 2.14 bits per heavy atom. The first-order valence-corrected chi connectivity index (χ1v) is 6.11. The van der Waals surface area contributed by atoms with Crippen LogP contribution >= 0.6 is 31.9 Å². The molecule has 3 heteroatoms. The van der Waals surface area contributed by atoms with E-state index in [1.165, 1.54) is 11.1 Å². The van der Waals surface area contributed by atoms with Gasteiger partial charge in [0.25, 0.3) is 0 Å². The summed E-state index contributed by atoms with van der Waals surface area (Å²) in [6, 6.07) is 6.15. The molecule has 1 atom stereocenters. The van der Waals surface area contributed by atoms with Crippen LogP contribution in [0, 0.1) is 6.92 Å². The summed E-state index contributed by atoms with van der Waals surface area (Å²) in [6.45, 7) is 3.65. The molecule has 1 unspecified atom stereocenters. The van der Waals surface area contributed by atoms with Crippen LogP contribution in [0.5, 0.6) is 0 Å². The second-order valence-electron chi connectivity index (χ2n) is 3.37. The van der Waals surface area contributed by atoms with Crippen LogP contribution in [-0.4, -0.2) is 10.6 Å². The zero-order chi connectivity index (χ0) is 10.7. The second-order valence-corrected chi connectivity index (χ2v) is 5.33. The Bertz CT molecular complexity index is 347. The SMILES string of the molecule is CC(=O)C(Br)Cc1ccc(Br)c(C)c1. The Hall–Kier alpha value is -0.150. The first-order chi connectivity index (χ1) is 6.50. The van der Waals surface area contributed by atoms with Crippen LogP contribution in [0.25, 0.3) is 0 Å². The lowest BCUT2D eigenvalue weighted by Crippen LogP contribution is -2.12. The standard InChI is InChI=1S/C11H12Br2O/c1-7-5-9(3-4-10(7)12)6-11(13)8(2)14/h3-5,11H,6H2,1-2H3. The van der Waals surface area contributed by atoms with Crippen molar-refractivity contribution < 1.29 is 4.79 Å². The quantitative estimate of drug-likeness (QED) is 0.777. The van der Waals surface area contributed by atoms with Gasteiger partial charge in [-0.3, -0.25) is 4.79 Å². The van der Waals surface area contributed by atoms with Crippen molar-refractivity contribution in [3.8, 4) is 0 Å². The van der Waals surface area contributed by atoms with Crippen LogP contribution in [0.3, 0.4) is 0 Å². The average Bonchev–Trinajstić information content (AvgIpc) is 2.11. The average molecular weight is 320 g/mol. The number of carbonyl (C=O) groups is 1. The van der Waals surface area contributed by atoms with Gasteiger partial charge in [-0.1, -0.05) is 44.0 Å². The molecule has 1 nitrogen and oxygen atoms in total. The molecule has 0 spiro atoms. The van der Waals surface area contributed by atoms with Gasteiger partial charge in [-0.2, -0.15) is 0 Å². The third-order valence-electron chi connectivity index (χ3n) is 2.08. The van der Waals surface area contributed by atoms with Gasteiger partial charge in [-0.25, -0.2) is 0 Å². The molecule has 0 heterocycles. The number of aryl methyl sites for hydroxylation is 1. The summed E-state index contributed by atoms with van der Waals surface area (Å²) in [4.78, 5) is 11.0. The number of ketones is 1. The molecular weight excluding hydrogens is 308 g/mol. The molecule has 0 amide bonds. The second kappa shape index (κ2) is 5.08. The Kier molecular flexibility index (Phi) is 4.32. The number of rotatable bonds is 3. The summed E-state index contributed by atoms with van der Waals surface area (Å²) >= 11 is 6.81. The monoisotopic (exact) mass is 318 g/mol. The predicted molar refractivity (Wildman–Crippen MR) is 66.0 cm³/mol. The van der Waals surface area contributed by atoms with Gasteiger partial charge >= 0.3 is 0 Å². The topological polar surface area (TPSA) is 17.1 Å². The van der Waals surface area contributed by atoms with Gasteiger partial charge in [0.1, 0.15) is 5.78 Å². The van der Waals surface area contributed by atoms with E-state index >= 15 is 0 Å². The van der Waals surface area contributed by atoms with Crippen molar-refractivity contribution in [3.63, 3.8) is 0 Å². The Morgan fingerprint density at radius 3 is 2.64 bits per heavy atom. The highest BCUT2D eigenvalue weighted by Crippen LogP contribution is 2.19. The van der Waals surface area contributed by atoms with Gasteiger partial charge < -0.3 is 0 Å². The molecule has 0 aromatic heterocycles. The van der Waals surface area contributed by atoms with E-state index in [1.807, 2.05) is 19.1 Å². The predicted octanol–water partition coefficient (Wildman–Crippen LogP) is 3.65. The zero-order valence-corrected chi connectivity index (χ0v) is 11.4. The maximum Gasteiger partial charge on any atom is 0.143 e. The van der Waals surface area contributed by atoms with E-state index in [2.05, 4.69) is 37.9 Å². The van der Waals surface area contributed by atoms with Crippen molar-refractivity contribution in [2.75, 3.05) is 0 Å². The largest absolute Gasteiger partial charge is 0.299 e. The summed E-state index contributed by atoms with van der Waals surface area (Å²) in [5.74, 6) is 0.172. The van der Waals surface area contributed by atoms with Crippen LogP contribution in [0.1, 0.15) is 18.1 Å². The van der Waals surface area contributed by atoms with Gasteiger partial charge in [-0.15, -0.1) is 0 Å². The fourth-order valence-corrected chi connectivity index (χ4v) is 1.80. The minimum Gasteiger partial charge on any atom is -0.299 e. The number of alkyl halides is 1. The van der Waals surface area contributed by atoms with E-state index in [0.29, 0.717) is 0 Å². The maximum atomic E-state index is 11.0. The molecular formula is C11H12Br2O. The smallest absolute Gasteiger partial charge is 0.143 e. The minimum atomic E-state index is -0.0666. The third kappa shape index (κ3) is 3.21. The van der Waals surface area contributed by atoms with E-state index in [1.54, 1.807) is 6.92 Å². The van der Waals surface area contributed by atoms with Crippen molar-refractivity contribution in [2.45, 2.75) is 25.1 Å². The molecule has 0 radical (unpaired) electrons. The lowest BCUT2D eigenvalue weighted by atomic mass is 10.1. The first kappa shape index (κ1) is 11.9. The van der Waals surface area contributed by atoms with Crippen LogP contribution < -0.4 is 0 Å². The van der Waals surface area contributed by atoms with E-state index in [0.717, 1.165) is 10.9 Å². The van der Waals surface area contributed by atoms with Crippen LogP contribution in [0.4, 0.5) is 0 Å². The molecule has 0 aliphatic heterocycles. The van der Waals surface area contributed by atoms with Crippen molar-refractivity contribution in [1.29, 1.82) is 0 Å². The Morgan fingerprint density at radius 1 is 1.50 bits per heavy atom. The molecule has 0 saturated carbocycles. The lowest BCUT2D eigenvalue weighted by molar-refractivity contribution is -0.116. The number of benzene rings is 1. The van der Waals surface area contributed by atoms with E-state index in [4.69, 9.17) is 0 Å². The highest BCUT2D eigenvalue weighted by atomic mass is 79.9. The van der Waals surface area contributed by atoms with Gasteiger partial charge in [-0.05, 0) is 37.5 Å². The van der Waals surface area contributed by atoms with Crippen LogP contribution in [-0.2, 0) is 11.2 Å². The Labute approximate surface area is 101 Å². The first-order valence-electron chi connectivity index (χ1n) is 4.40. The molecule has 0 saturated heterocycles. The van der Waals surface area contributed by atoms with E-state index in [-0.39, 0.29) is 10.6 Å². The third-order valence-corrected chi connectivity index (χ3v) is 3.94. The van der Waals surface area contributed by atoms with Gasteiger partial charge in [0, 0.05) is 4.47 Å². The zero-order valence-electron chi connectivity index (χ0n) is 8.18. The van der Waals surface area contributed by atoms with E-state index < -0.39 is 0 Å². The van der Waals surface area contributed by atoms with Crippen molar-refractivity contribution in [2.24, 2.45) is 0 Å². The molecule has 0 aliphatic carbocycles. The molecule has 0 bridgehead atoms. The molecule has 1 rings (SSSR count). The Balaban J connectivity index is 2.78. The molecule has 76 valence electrons. The number of carbonyl (C=O) groups excluding carboxylic acids is 1. The fourth-order valence-electron chi connectivity index (χ4n) is 1.18. The molecule has 0 N–H and O–H groups in total. The van der Waals surface area contributed by atoms with Crippen molar-refractivity contribution in [1.82, 2.24) is 0 Å². The highest BCUT2D eigenvalue weighted by molar-refractivity contribution is 9.10. The fraction of sp³-hybridized carbons (Fsp3) is 0.364. The summed E-state index contributed by atoms with van der Waals surface area (Å²) in [5.41, 5.74) is 2.38. The summed E-state index contributed by atoms with van der Waals surface area (Å²) in [6.07, 6.45) is 0.753. The van der Waals surface area contributed by atoms with Gasteiger partial charge in [0.2, 0.25) is 0 Å². The number of Topliss-reactive ketones (excluding diaryl/α,β-unsaturated/α-hetero) is 1. The normalized spacial score (nSPS) is 12.6. The maximum absolute atomic E-state index is 11.0. The van der Waals surface area contributed by atoms with Crippen molar-refractivity contribution in [3.05, 3.63) is 33.8 Å². The summed E-state index contributed by atoms with van der Waals surface area (Å²) in [7, 11) is 0. The molecule has 14 heavy (non-hydrogen) atoms. The van der Waals surface area contributed by atoms with Crippen LogP contribution in [0.15, 0.2) is 22.7 Å².